The van der Waals surface area contributed by atoms with Crippen LogP contribution in [0.4, 0.5) is 0 Å². The number of halogens is 1. The molecular weight excluding hydrogens is 247 g/mol. The molecule has 4 heteroatoms. The number of carbonyl (C=O) groups excluding carboxylic acids is 1. The summed E-state index contributed by atoms with van der Waals surface area (Å²) >= 11 is 2.18. The van der Waals surface area contributed by atoms with Gasteiger partial charge in [0.25, 0.3) is 0 Å². The van der Waals surface area contributed by atoms with Gasteiger partial charge in [0.1, 0.15) is 6.10 Å². The van der Waals surface area contributed by atoms with Gasteiger partial charge in [0.05, 0.1) is 19.6 Å². The van der Waals surface area contributed by atoms with Crippen molar-refractivity contribution in [3.05, 3.63) is 0 Å². The number of carbonyl (C=O) groups is 1. The first kappa shape index (κ1) is 8.26. The zero-order valence-electron chi connectivity index (χ0n) is 5.51. The molecule has 0 aromatic carbocycles. The van der Waals surface area contributed by atoms with Crippen LogP contribution in [0.5, 0.6) is 0 Å². The zero-order chi connectivity index (χ0) is 7.40. The van der Waals surface area contributed by atoms with Crippen LogP contribution in [0.3, 0.4) is 0 Å². The molecule has 0 N–H and O–H groups in total. The monoisotopic (exact) mass is 256 g/mol. The lowest BCUT2D eigenvalue weighted by molar-refractivity contribution is -0.146. The van der Waals surface area contributed by atoms with E-state index in [2.05, 4.69) is 22.6 Å². The molecule has 1 fully saturated rings. The van der Waals surface area contributed by atoms with Crippen LogP contribution in [0, 0.1) is 0 Å². The topological polar surface area (TPSA) is 35.5 Å². The molecular formula is C6H9IO3. The molecule has 0 radical (unpaired) electrons. The minimum atomic E-state index is -0.140. The minimum absolute atomic E-state index is 0.0319. The van der Waals surface area contributed by atoms with E-state index in [0.29, 0.717) is 19.6 Å². The van der Waals surface area contributed by atoms with Crippen molar-refractivity contribution < 1.29 is 14.3 Å². The number of rotatable bonds is 1. The number of cyclic esters (lactones) is 1. The maximum atomic E-state index is 10.7. The zero-order valence-corrected chi connectivity index (χ0v) is 7.67. The second-order valence-electron chi connectivity index (χ2n) is 2.09. The van der Waals surface area contributed by atoms with E-state index >= 15 is 0 Å². The fraction of sp³-hybridized carbons (Fsp3) is 0.833. The molecule has 0 aromatic heterocycles. The van der Waals surface area contributed by atoms with Crippen LogP contribution in [0.2, 0.25) is 0 Å². The molecule has 1 unspecified atom stereocenters. The van der Waals surface area contributed by atoms with Crippen LogP contribution in [-0.2, 0) is 14.3 Å². The second-order valence-corrected chi connectivity index (χ2v) is 2.97. The molecule has 0 saturated carbocycles. The quantitative estimate of drug-likeness (QED) is 0.394. The SMILES string of the molecule is O=C1CCOCC(CI)O1. The first-order chi connectivity index (χ1) is 4.83. The van der Waals surface area contributed by atoms with Crippen molar-refractivity contribution in [3.63, 3.8) is 0 Å². The standard InChI is InChI=1S/C6H9IO3/c7-3-5-4-9-2-1-6(8)10-5/h5H,1-4H2. The van der Waals surface area contributed by atoms with E-state index in [1.807, 2.05) is 0 Å². The Labute approximate surface area is 73.2 Å². The molecule has 1 rings (SSSR count). The van der Waals surface area contributed by atoms with Crippen LogP contribution in [0.1, 0.15) is 6.42 Å². The van der Waals surface area contributed by atoms with Gasteiger partial charge in [0.2, 0.25) is 0 Å². The highest BCUT2D eigenvalue weighted by atomic mass is 127. The van der Waals surface area contributed by atoms with Crippen LogP contribution in [0.25, 0.3) is 0 Å². The van der Waals surface area contributed by atoms with E-state index in [1.54, 1.807) is 0 Å². The molecule has 0 amide bonds. The van der Waals surface area contributed by atoms with Gasteiger partial charge >= 0.3 is 5.97 Å². The highest BCUT2D eigenvalue weighted by Gasteiger charge is 2.16. The Morgan fingerprint density at radius 3 is 3.20 bits per heavy atom. The molecule has 1 saturated heterocycles. The Kier molecular flexibility index (Phi) is 3.41. The predicted molar refractivity (Wildman–Crippen MR) is 44.2 cm³/mol. The summed E-state index contributed by atoms with van der Waals surface area (Å²) in [6, 6.07) is 0. The van der Waals surface area contributed by atoms with Gasteiger partial charge in [-0.15, -0.1) is 0 Å². The summed E-state index contributed by atoms with van der Waals surface area (Å²) in [5.41, 5.74) is 0. The first-order valence-corrected chi connectivity index (χ1v) is 4.68. The van der Waals surface area contributed by atoms with Crippen LogP contribution in [0.15, 0.2) is 0 Å². The number of esters is 1. The highest BCUT2D eigenvalue weighted by molar-refractivity contribution is 14.1. The van der Waals surface area contributed by atoms with Gasteiger partial charge in [-0.3, -0.25) is 4.79 Å². The number of ether oxygens (including phenoxy) is 2. The van der Waals surface area contributed by atoms with Crippen molar-refractivity contribution in [1.82, 2.24) is 0 Å². The van der Waals surface area contributed by atoms with Crippen molar-refractivity contribution in [3.8, 4) is 0 Å². The van der Waals surface area contributed by atoms with Gasteiger partial charge in [-0.25, -0.2) is 0 Å². The Bertz CT molecular complexity index is 126. The van der Waals surface area contributed by atoms with Crippen LogP contribution >= 0.6 is 22.6 Å². The van der Waals surface area contributed by atoms with Gasteiger partial charge in [0.15, 0.2) is 0 Å². The second kappa shape index (κ2) is 4.12. The average molecular weight is 256 g/mol. The third-order valence-electron chi connectivity index (χ3n) is 1.22. The van der Waals surface area contributed by atoms with Crippen molar-refractivity contribution in [2.75, 3.05) is 17.6 Å². The van der Waals surface area contributed by atoms with E-state index in [-0.39, 0.29) is 12.1 Å². The van der Waals surface area contributed by atoms with E-state index in [9.17, 15) is 4.79 Å². The van der Waals surface area contributed by atoms with Gasteiger partial charge in [-0.2, -0.15) is 0 Å². The molecule has 0 aliphatic carbocycles. The lowest BCUT2D eigenvalue weighted by atomic mass is 10.4. The Morgan fingerprint density at radius 2 is 2.50 bits per heavy atom. The van der Waals surface area contributed by atoms with Gasteiger partial charge in [0, 0.05) is 4.43 Å². The van der Waals surface area contributed by atoms with Gasteiger partial charge in [-0.1, -0.05) is 22.6 Å². The third kappa shape index (κ3) is 2.42. The number of hydrogen-bond acceptors (Lipinski definition) is 3. The molecule has 0 bridgehead atoms. The van der Waals surface area contributed by atoms with Crippen molar-refractivity contribution in [2.45, 2.75) is 12.5 Å². The summed E-state index contributed by atoms with van der Waals surface area (Å²) in [6.07, 6.45) is 0.364. The maximum Gasteiger partial charge on any atom is 0.308 e. The van der Waals surface area contributed by atoms with Crippen molar-refractivity contribution in [1.29, 1.82) is 0 Å². The van der Waals surface area contributed by atoms with Crippen molar-refractivity contribution >= 4 is 28.6 Å². The predicted octanol–water partition coefficient (Wildman–Crippen LogP) is 0.753. The third-order valence-corrected chi connectivity index (χ3v) is 2.21. The molecule has 1 aliphatic heterocycles. The fourth-order valence-electron chi connectivity index (χ4n) is 0.725. The average Bonchev–Trinajstić information content (AvgIpc) is 2.13. The number of alkyl halides is 1. The highest BCUT2D eigenvalue weighted by Crippen LogP contribution is 2.05. The molecule has 58 valence electrons. The van der Waals surface area contributed by atoms with E-state index in [4.69, 9.17) is 9.47 Å². The summed E-state index contributed by atoms with van der Waals surface area (Å²) in [6.45, 7) is 1.06. The summed E-state index contributed by atoms with van der Waals surface area (Å²) in [7, 11) is 0. The molecule has 1 atom stereocenters. The van der Waals surface area contributed by atoms with E-state index < -0.39 is 0 Å². The van der Waals surface area contributed by atoms with Crippen LogP contribution < -0.4 is 0 Å². The summed E-state index contributed by atoms with van der Waals surface area (Å²) in [4.78, 5) is 10.7. The normalized spacial score (nSPS) is 27.3. The molecule has 1 heterocycles. The summed E-state index contributed by atoms with van der Waals surface area (Å²) < 4.78 is 10.9. The molecule has 1 aliphatic rings. The summed E-state index contributed by atoms with van der Waals surface area (Å²) in [5.74, 6) is -0.140. The largest absolute Gasteiger partial charge is 0.459 e. The molecule has 0 spiro atoms. The smallest absolute Gasteiger partial charge is 0.308 e. The lowest BCUT2D eigenvalue weighted by Crippen LogP contribution is -2.20. The molecule has 3 nitrogen and oxygen atoms in total. The Balaban J connectivity index is 2.38. The van der Waals surface area contributed by atoms with Gasteiger partial charge < -0.3 is 9.47 Å². The van der Waals surface area contributed by atoms with Gasteiger partial charge in [-0.05, 0) is 0 Å². The Morgan fingerprint density at radius 1 is 1.70 bits per heavy atom. The van der Waals surface area contributed by atoms with Crippen LogP contribution in [-0.4, -0.2) is 29.7 Å². The fourth-order valence-corrected chi connectivity index (χ4v) is 1.16. The van der Waals surface area contributed by atoms with E-state index in [1.165, 1.54) is 0 Å². The lowest BCUT2D eigenvalue weighted by Gasteiger charge is -2.09. The molecule has 0 aromatic rings. The maximum absolute atomic E-state index is 10.7. The Hall–Kier alpha value is 0.160. The summed E-state index contributed by atoms with van der Waals surface area (Å²) in [5, 5.41) is 0. The molecule has 10 heavy (non-hydrogen) atoms. The minimum Gasteiger partial charge on any atom is -0.459 e. The van der Waals surface area contributed by atoms with E-state index in [0.717, 1.165) is 4.43 Å². The van der Waals surface area contributed by atoms with Crippen molar-refractivity contribution in [2.24, 2.45) is 0 Å². The first-order valence-electron chi connectivity index (χ1n) is 3.16. The number of hydrogen-bond donors (Lipinski definition) is 0.